The molecule has 0 bridgehead atoms. The lowest BCUT2D eigenvalue weighted by Gasteiger charge is -2.23. The number of allylic oxidation sites excluding steroid dienone is 1. The molecule has 0 radical (unpaired) electrons. The predicted octanol–water partition coefficient (Wildman–Crippen LogP) is 5.31. The smallest absolute Gasteiger partial charge is 0.0529 e. The van der Waals surface area contributed by atoms with Crippen LogP contribution in [-0.2, 0) is 13.0 Å². The zero-order valence-electron chi connectivity index (χ0n) is 15.8. The average Bonchev–Trinajstić information content (AvgIpc) is 2.86. The summed E-state index contributed by atoms with van der Waals surface area (Å²) < 4.78 is 2.37. The second-order valence-corrected chi connectivity index (χ2v) is 7.83. The molecule has 0 fully saturated rings. The van der Waals surface area contributed by atoms with Crippen molar-refractivity contribution in [2.45, 2.75) is 33.7 Å². The number of rotatable bonds is 2. The van der Waals surface area contributed by atoms with E-state index >= 15 is 0 Å². The Morgan fingerprint density at radius 3 is 2.62 bits per heavy atom. The Morgan fingerprint density at radius 2 is 1.88 bits per heavy atom. The van der Waals surface area contributed by atoms with Crippen LogP contribution in [0.5, 0.6) is 0 Å². The third kappa shape index (κ3) is 3.06. The lowest BCUT2D eigenvalue weighted by atomic mass is 10.0. The van der Waals surface area contributed by atoms with Crippen LogP contribution in [0.1, 0.15) is 35.1 Å². The molecule has 1 aliphatic rings. The Morgan fingerprint density at radius 1 is 1.15 bits per heavy atom. The molecule has 1 aliphatic heterocycles. The molecule has 3 heterocycles. The van der Waals surface area contributed by atoms with Crippen molar-refractivity contribution >= 4 is 34.3 Å². The summed E-state index contributed by atoms with van der Waals surface area (Å²) in [5, 5.41) is 2.07. The fourth-order valence-electron chi connectivity index (χ4n) is 3.98. The summed E-state index contributed by atoms with van der Waals surface area (Å²) in [5.41, 5.74) is 8.63. The molecule has 3 nitrogen and oxygen atoms in total. The van der Waals surface area contributed by atoms with Gasteiger partial charge in [-0.05, 0) is 74.9 Å². The van der Waals surface area contributed by atoms with Gasteiger partial charge in [0.15, 0.2) is 0 Å². The standard InChI is InChI=1S/C22H24ClN3/c1-14(17-9-15(2)24-16(3)10-17)12-26-21-6-5-18(23)11-19(21)20-13-25(4)8-7-22(20)26/h5-6,9-12H,7-8,13H2,1-4H3. The van der Waals surface area contributed by atoms with Gasteiger partial charge in [0, 0.05) is 53.2 Å². The number of hydrogen-bond donors (Lipinski definition) is 0. The van der Waals surface area contributed by atoms with Crippen molar-refractivity contribution in [2.75, 3.05) is 13.6 Å². The molecule has 0 amide bonds. The van der Waals surface area contributed by atoms with Crippen molar-refractivity contribution < 1.29 is 0 Å². The van der Waals surface area contributed by atoms with Crippen LogP contribution in [-0.4, -0.2) is 28.0 Å². The van der Waals surface area contributed by atoms with E-state index < -0.39 is 0 Å². The van der Waals surface area contributed by atoms with E-state index in [0.29, 0.717) is 0 Å². The summed E-state index contributed by atoms with van der Waals surface area (Å²) in [7, 11) is 2.18. The number of likely N-dealkylation sites (N-methyl/N-ethyl adjacent to an activating group) is 1. The van der Waals surface area contributed by atoms with E-state index in [2.05, 4.69) is 72.7 Å². The molecule has 0 unspecified atom stereocenters. The number of halogens is 1. The van der Waals surface area contributed by atoms with E-state index in [1.54, 1.807) is 0 Å². The van der Waals surface area contributed by atoms with Gasteiger partial charge >= 0.3 is 0 Å². The van der Waals surface area contributed by atoms with Crippen LogP contribution in [0, 0.1) is 13.8 Å². The summed E-state index contributed by atoms with van der Waals surface area (Å²) in [6.07, 6.45) is 3.32. The Hall–Kier alpha value is -2.10. The maximum absolute atomic E-state index is 6.30. The number of fused-ring (bicyclic) bond motifs is 3. The molecule has 0 spiro atoms. The normalized spacial score (nSPS) is 15.5. The fourth-order valence-corrected chi connectivity index (χ4v) is 4.15. The Bertz CT molecular complexity index is 1010. The van der Waals surface area contributed by atoms with Crippen LogP contribution in [0.3, 0.4) is 0 Å². The van der Waals surface area contributed by atoms with Gasteiger partial charge < -0.3 is 9.47 Å². The second-order valence-electron chi connectivity index (χ2n) is 7.40. The first kappa shape index (κ1) is 17.3. The molecule has 3 aromatic rings. The molecule has 0 saturated carbocycles. The summed E-state index contributed by atoms with van der Waals surface area (Å²) >= 11 is 6.30. The van der Waals surface area contributed by atoms with Gasteiger partial charge in [0.25, 0.3) is 0 Å². The van der Waals surface area contributed by atoms with E-state index in [1.165, 1.54) is 33.3 Å². The van der Waals surface area contributed by atoms with E-state index in [4.69, 9.17) is 11.6 Å². The summed E-state index contributed by atoms with van der Waals surface area (Å²) in [5.74, 6) is 0. The van der Waals surface area contributed by atoms with Crippen LogP contribution in [0.2, 0.25) is 5.02 Å². The van der Waals surface area contributed by atoms with E-state index in [9.17, 15) is 0 Å². The molecule has 0 atom stereocenters. The minimum atomic E-state index is 0.798. The number of pyridine rings is 1. The first-order valence-electron chi connectivity index (χ1n) is 9.06. The van der Waals surface area contributed by atoms with Crippen LogP contribution in [0.25, 0.3) is 22.7 Å². The van der Waals surface area contributed by atoms with Crippen molar-refractivity contribution in [3.63, 3.8) is 0 Å². The Balaban J connectivity index is 1.91. The van der Waals surface area contributed by atoms with Crippen LogP contribution >= 0.6 is 11.6 Å². The zero-order chi connectivity index (χ0) is 18.4. The van der Waals surface area contributed by atoms with Gasteiger partial charge in [-0.15, -0.1) is 0 Å². The minimum absolute atomic E-state index is 0.798. The SMILES string of the molecule is CC(=Cn1c2c(c3cc(Cl)ccc31)CN(C)CC2)c1cc(C)nc(C)c1. The van der Waals surface area contributed by atoms with Gasteiger partial charge in [-0.25, -0.2) is 0 Å². The van der Waals surface area contributed by atoms with Crippen molar-refractivity contribution in [1.29, 1.82) is 0 Å². The van der Waals surface area contributed by atoms with Crippen molar-refractivity contribution in [2.24, 2.45) is 0 Å². The summed E-state index contributed by atoms with van der Waals surface area (Å²) in [4.78, 5) is 6.87. The highest BCUT2D eigenvalue weighted by atomic mass is 35.5. The maximum atomic E-state index is 6.30. The highest BCUT2D eigenvalue weighted by Gasteiger charge is 2.22. The molecule has 0 N–H and O–H groups in total. The van der Waals surface area contributed by atoms with Gasteiger partial charge in [-0.3, -0.25) is 4.98 Å². The summed E-state index contributed by atoms with van der Waals surface area (Å²) in [6.45, 7) is 8.33. The molecule has 1 aromatic carbocycles. The minimum Gasteiger partial charge on any atom is -0.320 e. The van der Waals surface area contributed by atoms with Gasteiger partial charge in [-0.2, -0.15) is 0 Å². The molecular formula is C22H24ClN3. The van der Waals surface area contributed by atoms with Crippen molar-refractivity contribution in [1.82, 2.24) is 14.5 Å². The number of benzene rings is 1. The van der Waals surface area contributed by atoms with Gasteiger partial charge in [-0.1, -0.05) is 11.6 Å². The zero-order valence-corrected chi connectivity index (χ0v) is 16.6. The second kappa shape index (κ2) is 6.57. The number of aromatic nitrogens is 2. The lowest BCUT2D eigenvalue weighted by molar-refractivity contribution is 0.312. The molecule has 2 aromatic heterocycles. The molecule has 4 heteroatoms. The number of hydrogen-bond acceptors (Lipinski definition) is 2. The van der Waals surface area contributed by atoms with Crippen LogP contribution < -0.4 is 0 Å². The summed E-state index contributed by atoms with van der Waals surface area (Å²) in [6, 6.07) is 10.5. The lowest BCUT2D eigenvalue weighted by Crippen LogP contribution is -2.26. The fraction of sp³-hybridized carbons (Fsp3) is 0.318. The highest BCUT2D eigenvalue weighted by molar-refractivity contribution is 6.31. The van der Waals surface area contributed by atoms with E-state index in [-0.39, 0.29) is 0 Å². The van der Waals surface area contributed by atoms with Crippen molar-refractivity contribution in [3.8, 4) is 0 Å². The first-order chi connectivity index (χ1) is 12.4. The van der Waals surface area contributed by atoms with E-state index in [0.717, 1.165) is 35.9 Å². The molecule has 26 heavy (non-hydrogen) atoms. The third-order valence-corrected chi connectivity index (χ3v) is 5.44. The van der Waals surface area contributed by atoms with E-state index in [1.807, 2.05) is 6.07 Å². The average molecular weight is 366 g/mol. The molecular weight excluding hydrogens is 342 g/mol. The maximum Gasteiger partial charge on any atom is 0.0529 e. The molecule has 4 rings (SSSR count). The topological polar surface area (TPSA) is 21.1 Å². The Labute approximate surface area is 159 Å². The van der Waals surface area contributed by atoms with Gasteiger partial charge in [0.2, 0.25) is 0 Å². The Kier molecular flexibility index (Phi) is 4.37. The molecule has 134 valence electrons. The predicted molar refractivity (Wildman–Crippen MR) is 111 cm³/mol. The van der Waals surface area contributed by atoms with Crippen LogP contribution in [0.4, 0.5) is 0 Å². The molecule has 0 saturated heterocycles. The largest absolute Gasteiger partial charge is 0.320 e. The molecule has 0 aliphatic carbocycles. The first-order valence-corrected chi connectivity index (χ1v) is 9.44. The highest BCUT2D eigenvalue weighted by Crippen LogP contribution is 2.33. The monoisotopic (exact) mass is 365 g/mol. The number of aryl methyl sites for hydroxylation is 2. The van der Waals surface area contributed by atoms with Crippen LogP contribution in [0.15, 0.2) is 30.3 Å². The van der Waals surface area contributed by atoms with Crippen molar-refractivity contribution in [3.05, 3.63) is 63.6 Å². The number of nitrogens with zero attached hydrogens (tertiary/aromatic N) is 3. The van der Waals surface area contributed by atoms with Gasteiger partial charge in [0.05, 0.1) is 5.52 Å². The quantitative estimate of drug-likeness (QED) is 0.613. The third-order valence-electron chi connectivity index (χ3n) is 5.20. The van der Waals surface area contributed by atoms with Gasteiger partial charge in [0.1, 0.15) is 0 Å².